The van der Waals surface area contributed by atoms with Gasteiger partial charge in [0.2, 0.25) is 22.9 Å². The number of sulfone groups is 1. The van der Waals surface area contributed by atoms with Gasteiger partial charge in [0.1, 0.15) is 10.6 Å². The van der Waals surface area contributed by atoms with Gasteiger partial charge in [-0.1, -0.05) is 39.5 Å². The number of carbonyl (C=O) groups is 1. The number of sulfonamides is 1. The van der Waals surface area contributed by atoms with Gasteiger partial charge < -0.3 is 15.3 Å². The van der Waals surface area contributed by atoms with Gasteiger partial charge in [-0.05, 0) is 18.4 Å². The van der Waals surface area contributed by atoms with Gasteiger partial charge in [0.05, 0.1) is 26.0 Å². The van der Waals surface area contributed by atoms with Crippen molar-refractivity contribution in [2.45, 2.75) is 48.2 Å². The summed E-state index contributed by atoms with van der Waals surface area (Å²) < 4.78 is 61.7. The molecule has 0 spiro atoms. The van der Waals surface area contributed by atoms with E-state index < -0.39 is 35.8 Å². The van der Waals surface area contributed by atoms with Crippen molar-refractivity contribution in [3.8, 4) is 11.8 Å². The first kappa shape index (κ1) is 34.2. The summed E-state index contributed by atoms with van der Waals surface area (Å²) in [5.41, 5.74) is -0.225. The van der Waals surface area contributed by atoms with E-state index in [0.717, 1.165) is 16.9 Å². The highest BCUT2D eigenvalue weighted by Gasteiger charge is 2.29. The van der Waals surface area contributed by atoms with Crippen molar-refractivity contribution in [3.05, 3.63) is 40.4 Å². The van der Waals surface area contributed by atoms with Crippen molar-refractivity contribution in [2.24, 2.45) is 0 Å². The van der Waals surface area contributed by atoms with Gasteiger partial charge in [0.15, 0.2) is 14.9 Å². The van der Waals surface area contributed by atoms with E-state index in [9.17, 15) is 26.4 Å². The lowest BCUT2D eigenvalue weighted by Gasteiger charge is -2.16. The molecular formula is C22H31N9O8S3. The van der Waals surface area contributed by atoms with Crippen LogP contribution >= 0.6 is 11.8 Å². The highest BCUT2D eigenvalue weighted by Crippen LogP contribution is 2.20. The number of anilines is 1. The summed E-state index contributed by atoms with van der Waals surface area (Å²) in [6, 6.07) is 2.47. The molecule has 3 heterocycles. The fraction of sp³-hybridized carbons (Fsp3) is 0.409. The Morgan fingerprint density at radius 2 is 1.69 bits per heavy atom. The smallest absolute Gasteiger partial charge is 0.335 e. The van der Waals surface area contributed by atoms with E-state index in [2.05, 4.69) is 30.5 Å². The van der Waals surface area contributed by atoms with Crippen LogP contribution in [0.5, 0.6) is 11.8 Å². The summed E-state index contributed by atoms with van der Waals surface area (Å²) in [7, 11) is -5.85. The number of nitrogen functional groups attached to an aromatic ring is 1. The molecule has 0 aliphatic heterocycles. The molecule has 2 amide bonds. The van der Waals surface area contributed by atoms with Gasteiger partial charge in [-0.2, -0.15) is 23.1 Å². The maximum Gasteiger partial charge on any atom is 0.335 e. The Labute approximate surface area is 246 Å². The molecule has 42 heavy (non-hydrogen) atoms. The predicted octanol–water partition coefficient (Wildman–Crippen LogP) is 0.564. The number of amides is 2. The fourth-order valence-corrected chi connectivity index (χ4v) is 5.88. The van der Waals surface area contributed by atoms with Gasteiger partial charge in [-0.3, -0.25) is 10.1 Å². The number of nitrogens with two attached hydrogens (primary N) is 1. The highest BCUT2D eigenvalue weighted by atomic mass is 32.2. The second-order valence-electron chi connectivity index (χ2n) is 9.01. The minimum Gasteiger partial charge on any atom is -0.481 e. The summed E-state index contributed by atoms with van der Waals surface area (Å²) in [5, 5.41) is 9.50. The lowest BCUT2D eigenvalue weighted by Crippen LogP contribution is -2.37. The van der Waals surface area contributed by atoms with Gasteiger partial charge >= 0.3 is 6.03 Å². The number of nitrogens with one attached hydrogen (secondary N) is 2. The molecule has 0 saturated heterocycles. The first-order chi connectivity index (χ1) is 19.5. The number of aromatic nitrogens is 6. The maximum absolute atomic E-state index is 12.5. The molecule has 20 heteroatoms. The Bertz CT molecular complexity index is 1680. The van der Waals surface area contributed by atoms with Crippen molar-refractivity contribution in [1.82, 2.24) is 34.5 Å². The number of carbonyl (C=O) groups excluding carboxylic acids is 1. The zero-order chi connectivity index (χ0) is 31.9. The Hall–Kier alpha value is -4.04. The average molecular weight is 646 g/mol. The number of rotatable bonds is 8. The molecular weight excluding hydrogens is 614 g/mol. The van der Waals surface area contributed by atoms with Crippen LogP contribution in [-0.4, -0.2) is 78.9 Å². The Morgan fingerprint density at radius 3 is 2.19 bits per heavy atom. The highest BCUT2D eigenvalue weighted by molar-refractivity contribution is 7.98. The molecule has 17 nitrogen and oxygen atoms in total. The molecule has 230 valence electrons. The minimum absolute atomic E-state index is 0.0612. The number of methoxy groups -OCH3 is 2. The number of hydrogen-bond acceptors (Lipinski definition) is 15. The van der Waals surface area contributed by atoms with E-state index in [4.69, 9.17) is 15.3 Å². The normalized spacial score (nSPS) is 11.6. The molecule has 3 aromatic heterocycles. The van der Waals surface area contributed by atoms with Crippen LogP contribution in [0.3, 0.4) is 0 Å². The third-order valence-corrected chi connectivity index (χ3v) is 8.83. The van der Waals surface area contributed by atoms with Gasteiger partial charge in [0, 0.05) is 11.6 Å². The van der Waals surface area contributed by atoms with E-state index in [0.29, 0.717) is 10.9 Å². The summed E-state index contributed by atoms with van der Waals surface area (Å²) in [4.78, 5) is 34.5. The summed E-state index contributed by atoms with van der Waals surface area (Å²) in [5.74, 6) is 5.05. The lowest BCUT2D eigenvalue weighted by atomic mass is 9.93. The van der Waals surface area contributed by atoms with Crippen molar-refractivity contribution < 1.29 is 31.1 Å². The Kier molecular flexibility index (Phi) is 11.2. The maximum atomic E-state index is 12.5. The predicted molar refractivity (Wildman–Crippen MR) is 153 cm³/mol. The molecule has 0 aliphatic rings. The molecule has 3 aromatic rings. The van der Waals surface area contributed by atoms with Crippen LogP contribution in [0.25, 0.3) is 0 Å². The Balaban J connectivity index is 0.000000369. The molecule has 0 unspecified atom stereocenters. The zero-order valence-corrected chi connectivity index (χ0v) is 26.2. The lowest BCUT2D eigenvalue weighted by molar-refractivity contribution is 0.256. The summed E-state index contributed by atoms with van der Waals surface area (Å²) >= 11 is 1.29. The van der Waals surface area contributed by atoms with E-state index in [-0.39, 0.29) is 34.4 Å². The summed E-state index contributed by atoms with van der Waals surface area (Å²) in [6.07, 6.45) is 2.89. The molecule has 0 bridgehead atoms. The molecule has 0 aliphatic carbocycles. The van der Waals surface area contributed by atoms with Crippen molar-refractivity contribution in [3.63, 3.8) is 0 Å². The SMILES string of the molecule is CCS(=O)(=O)c1cccnc1S(=O)(=O)NC(=O)Nc1nc(OC)cc(OC)n1.CSc1nnc(C(C)(C)C)c(=O)n1N. The van der Waals surface area contributed by atoms with Crippen LogP contribution in [0.15, 0.2) is 44.3 Å². The molecule has 0 radical (unpaired) electrons. The average Bonchev–Trinajstić information content (AvgIpc) is 2.93. The number of pyridine rings is 1. The number of thioether (sulfide) groups is 1. The minimum atomic E-state index is -4.61. The standard InChI is InChI=1S/C14H17N5O7S2.C8H14N4OS/c1-4-27(21,22)9-6-5-7-15-12(9)28(23,24)19-14(20)18-13-16-10(25-2)8-11(17-13)26-3;1-8(2,3)5-6(13)12(9)7(14-4)11-10-5/h5-8H,4H2,1-3H3,(H2,16,17,18,19,20);9H2,1-4H3. The molecule has 0 aromatic carbocycles. The van der Waals surface area contributed by atoms with Crippen LogP contribution < -0.4 is 30.9 Å². The Morgan fingerprint density at radius 1 is 1.10 bits per heavy atom. The third-order valence-electron chi connectivity index (χ3n) is 5.01. The first-order valence-electron chi connectivity index (χ1n) is 11.8. The van der Waals surface area contributed by atoms with E-state index in [1.165, 1.54) is 45.0 Å². The van der Waals surface area contributed by atoms with Crippen LogP contribution in [0.4, 0.5) is 10.7 Å². The van der Waals surface area contributed by atoms with E-state index >= 15 is 0 Å². The van der Waals surface area contributed by atoms with Crippen molar-refractivity contribution >= 4 is 43.6 Å². The quantitative estimate of drug-likeness (QED) is 0.224. The largest absolute Gasteiger partial charge is 0.481 e. The number of nitrogens with zero attached hydrogens (tertiary/aromatic N) is 6. The van der Waals surface area contributed by atoms with Crippen molar-refractivity contribution in [2.75, 3.05) is 37.4 Å². The topological polar surface area (TPSA) is 240 Å². The molecule has 4 N–H and O–H groups in total. The first-order valence-corrected chi connectivity index (χ1v) is 16.1. The van der Waals surface area contributed by atoms with Gasteiger partial charge in [-0.15, -0.1) is 10.2 Å². The van der Waals surface area contributed by atoms with Gasteiger partial charge in [-0.25, -0.2) is 22.9 Å². The van der Waals surface area contributed by atoms with Crippen LogP contribution in [-0.2, 0) is 25.3 Å². The van der Waals surface area contributed by atoms with Crippen LogP contribution in [0.1, 0.15) is 33.4 Å². The zero-order valence-electron chi connectivity index (χ0n) is 23.8. The van der Waals surface area contributed by atoms with Crippen LogP contribution in [0, 0.1) is 0 Å². The summed E-state index contributed by atoms with van der Waals surface area (Å²) in [6.45, 7) is 7.05. The monoisotopic (exact) mass is 645 g/mol. The number of ether oxygens (including phenoxy) is 2. The molecule has 0 saturated carbocycles. The second-order valence-corrected chi connectivity index (χ2v) is 13.6. The van der Waals surface area contributed by atoms with Crippen LogP contribution in [0.2, 0.25) is 0 Å². The second kappa shape index (κ2) is 13.7. The number of urea groups is 1. The molecule has 0 atom stereocenters. The third kappa shape index (κ3) is 8.49. The van der Waals surface area contributed by atoms with E-state index in [1.807, 2.05) is 20.8 Å². The molecule has 0 fully saturated rings. The number of hydrogen-bond donors (Lipinski definition) is 3. The molecule has 3 rings (SSSR count). The van der Waals surface area contributed by atoms with E-state index in [1.54, 1.807) is 11.0 Å². The van der Waals surface area contributed by atoms with Gasteiger partial charge in [0.25, 0.3) is 15.6 Å². The van der Waals surface area contributed by atoms with Crippen molar-refractivity contribution in [1.29, 1.82) is 0 Å². The fourth-order valence-electron chi connectivity index (χ4n) is 2.93.